The molecule has 0 spiro atoms. The minimum absolute atomic E-state index is 0.0681. The minimum atomic E-state index is -0.371. The molecule has 5 heteroatoms. The molecule has 0 unspecified atom stereocenters. The maximum absolute atomic E-state index is 7.28. The summed E-state index contributed by atoms with van der Waals surface area (Å²) in [6, 6.07) is 73.0. The molecule has 11 rings (SSSR count). The Morgan fingerprint density at radius 3 is 1.70 bits per heavy atom. The van der Waals surface area contributed by atoms with Gasteiger partial charge in [0.05, 0.1) is 23.4 Å². The largest absolute Gasteiger partial charge is 0.457 e. The van der Waals surface area contributed by atoms with Gasteiger partial charge in [0.2, 0.25) is 0 Å². The molecule has 2 aromatic heterocycles. The molecule has 0 radical (unpaired) electrons. The third-order valence-electron chi connectivity index (χ3n) is 16.2. The summed E-state index contributed by atoms with van der Waals surface area (Å²) in [7, 11) is 0. The zero-order valence-corrected chi connectivity index (χ0v) is 46.8. The molecule has 0 fully saturated rings. The van der Waals surface area contributed by atoms with Crippen LogP contribution in [0.4, 0.5) is 11.4 Å². The van der Waals surface area contributed by atoms with E-state index < -0.39 is 0 Å². The molecule has 0 N–H and O–H groups in total. The van der Waals surface area contributed by atoms with Crippen molar-refractivity contribution in [1.82, 2.24) is 9.55 Å². The number of anilines is 2. The van der Waals surface area contributed by atoms with Gasteiger partial charge < -0.3 is 14.5 Å². The Bertz CT molecular complexity index is 3770. The number of pyridine rings is 1. The Balaban J connectivity index is 1.08. The normalized spacial score (nSPS) is 13.3. The topological polar surface area (TPSA) is 33.5 Å². The minimum Gasteiger partial charge on any atom is -0.457 e. The highest BCUT2D eigenvalue weighted by molar-refractivity contribution is 6.09. The van der Waals surface area contributed by atoms with E-state index in [4.69, 9.17) is 9.72 Å². The van der Waals surface area contributed by atoms with Crippen LogP contribution in [-0.4, -0.2) is 16.2 Å². The van der Waals surface area contributed by atoms with Crippen LogP contribution in [0.25, 0.3) is 44.4 Å². The predicted octanol–water partition coefficient (Wildman–Crippen LogP) is 19.1. The number of hydrogen-bond donors (Lipinski definition) is 0. The Kier molecular flexibility index (Phi) is 13.3. The zero-order valence-electron chi connectivity index (χ0n) is 46.8. The first kappa shape index (κ1) is 51.0. The molecule has 0 saturated heterocycles. The van der Waals surface area contributed by atoms with Crippen LogP contribution < -0.4 is 14.5 Å². The lowest BCUT2D eigenvalue weighted by Crippen LogP contribution is -2.28. The van der Waals surface area contributed by atoms with Crippen molar-refractivity contribution in [3.8, 4) is 28.4 Å². The summed E-state index contributed by atoms with van der Waals surface area (Å²) in [6.45, 7) is 26.1. The van der Waals surface area contributed by atoms with Crippen LogP contribution in [0.1, 0.15) is 133 Å². The van der Waals surface area contributed by atoms with Gasteiger partial charge in [-0.2, -0.15) is 0 Å². The number of fused-ring (bicyclic) bond motifs is 3. The number of nitrogens with zero attached hydrogens (tertiary/aromatic N) is 4. The number of para-hydroxylation sites is 1. The van der Waals surface area contributed by atoms with Crippen LogP contribution in [0.5, 0.6) is 11.5 Å². The molecule has 0 bridgehead atoms. The zero-order chi connectivity index (χ0) is 53.8. The summed E-state index contributed by atoms with van der Waals surface area (Å²) in [5.74, 6) is 2.99. The smallest absolute Gasteiger partial charge is 0.137 e. The van der Waals surface area contributed by atoms with E-state index in [1.165, 1.54) is 61.2 Å². The SMILES string of the molecule is CC(C)c1cccc(C(C)C)c1C1=CN(c2cc(-c3ccccc3)cc(C(C)(C)C)c2)CN1c1cc(Oc2ccc3c4ccccc4n(-c4cc(C(C)(C)c5ccccc5)ccn4)c3c2)cc(C(C)(C)c2ccccc2)c1. The lowest BCUT2D eigenvalue weighted by molar-refractivity contribution is 0.480. The van der Waals surface area contributed by atoms with E-state index in [9.17, 15) is 0 Å². The molecular weight excluding hydrogens is 937 g/mol. The maximum Gasteiger partial charge on any atom is 0.137 e. The van der Waals surface area contributed by atoms with Gasteiger partial charge in [0.1, 0.15) is 17.3 Å². The molecule has 5 nitrogen and oxygen atoms in total. The first-order valence-electron chi connectivity index (χ1n) is 27.5. The van der Waals surface area contributed by atoms with E-state index in [1.54, 1.807) is 0 Å². The van der Waals surface area contributed by atoms with Crippen LogP contribution in [0.2, 0.25) is 0 Å². The van der Waals surface area contributed by atoms with Crippen LogP contribution in [0, 0.1) is 0 Å². The second kappa shape index (κ2) is 20.1. The Morgan fingerprint density at radius 1 is 0.455 bits per heavy atom. The van der Waals surface area contributed by atoms with Gasteiger partial charge in [0, 0.05) is 63.1 Å². The fourth-order valence-electron chi connectivity index (χ4n) is 11.4. The van der Waals surface area contributed by atoms with Crippen molar-refractivity contribution in [3.05, 3.63) is 257 Å². The molecule has 1 aliphatic heterocycles. The summed E-state index contributed by atoms with van der Waals surface area (Å²) >= 11 is 0. The second-order valence-electron chi connectivity index (χ2n) is 23.8. The fourth-order valence-corrected chi connectivity index (χ4v) is 11.4. The molecular formula is C72H72N4O. The lowest BCUT2D eigenvalue weighted by Gasteiger charge is -2.31. The van der Waals surface area contributed by atoms with Crippen LogP contribution in [0.15, 0.2) is 213 Å². The Morgan fingerprint density at radius 2 is 1.05 bits per heavy atom. The Labute approximate surface area is 457 Å². The summed E-state index contributed by atoms with van der Waals surface area (Å²) in [5, 5.41) is 2.31. The van der Waals surface area contributed by atoms with Gasteiger partial charge in [-0.3, -0.25) is 4.57 Å². The maximum atomic E-state index is 7.28. The van der Waals surface area contributed by atoms with Crippen molar-refractivity contribution in [2.45, 2.75) is 104 Å². The monoisotopic (exact) mass is 1010 g/mol. The van der Waals surface area contributed by atoms with Gasteiger partial charge in [-0.15, -0.1) is 0 Å². The van der Waals surface area contributed by atoms with Crippen LogP contribution >= 0.6 is 0 Å². The highest BCUT2D eigenvalue weighted by Crippen LogP contribution is 2.46. The standard InChI is InChI=1S/C72H72N4O/c1-48(2)61-31-23-32-62(49(3)4)69(61)67-46-74(57-39-51(50-24-15-12-16-25-50)38-55(40-57)70(5,6)7)47-75(67)58-41-56(72(10,11)53-28-19-14-20-29-53)42-60(44-58)77-59-34-35-64-63-30-21-22-33-65(63)76(66(64)45-59)68-43-54(36-37-73-68)71(8,9)52-26-17-13-18-27-52/h12-46,48-49H,47H2,1-11H3. The average Bonchev–Trinajstić information content (AvgIpc) is 4.13. The van der Waals surface area contributed by atoms with Gasteiger partial charge in [0.15, 0.2) is 0 Å². The summed E-state index contributed by atoms with van der Waals surface area (Å²) < 4.78 is 9.58. The Hall–Kier alpha value is -8.15. The van der Waals surface area contributed by atoms with E-state index in [0.29, 0.717) is 18.5 Å². The molecule has 0 aliphatic carbocycles. The molecule has 0 atom stereocenters. The summed E-state index contributed by atoms with van der Waals surface area (Å²) in [4.78, 5) is 10.1. The van der Waals surface area contributed by atoms with Crippen LogP contribution in [0.3, 0.4) is 0 Å². The number of ether oxygens (including phenoxy) is 1. The number of rotatable bonds is 13. The van der Waals surface area contributed by atoms with E-state index >= 15 is 0 Å². The van der Waals surface area contributed by atoms with Crippen molar-refractivity contribution in [2.75, 3.05) is 16.5 Å². The first-order chi connectivity index (χ1) is 36.9. The third kappa shape index (κ3) is 9.73. The lowest BCUT2D eigenvalue weighted by atomic mass is 9.78. The predicted molar refractivity (Wildman–Crippen MR) is 325 cm³/mol. The van der Waals surface area contributed by atoms with Crippen molar-refractivity contribution < 1.29 is 4.74 Å². The highest BCUT2D eigenvalue weighted by atomic mass is 16.5. The third-order valence-corrected chi connectivity index (χ3v) is 16.2. The van der Waals surface area contributed by atoms with E-state index in [-0.39, 0.29) is 16.2 Å². The van der Waals surface area contributed by atoms with Crippen LogP contribution in [-0.2, 0) is 16.2 Å². The van der Waals surface area contributed by atoms with E-state index in [0.717, 1.165) is 50.7 Å². The summed E-state index contributed by atoms with van der Waals surface area (Å²) in [5.41, 5.74) is 17.4. The molecule has 0 saturated carbocycles. The quantitative estimate of drug-likeness (QED) is 0.115. The molecule has 0 amide bonds. The molecule has 8 aromatic carbocycles. The second-order valence-corrected chi connectivity index (χ2v) is 23.8. The summed E-state index contributed by atoms with van der Waals surface area (Å²) in [6.07, 6.45) is 4.36. The molecule has 77 heavy (non-hydrogen) atoms. The highest BCUT2D eigenvalue weighted by Gasteiger charge is 2.33. The van der Waals surface area contributed by atoms with Crippen molar-refractivity contribution >= 4 is 38.9 Å². The molecule has 1 aliphatic rings. The van der Waals surface area contributed by atoms with Crippen molar-refractivity contribution in [2.24, 2.45) is 0 Å². The molecule has 386 valence electrons. The van der Waals surface area contributed by atoms with Gasteiger partial charge in [-0.05, 0) is 122 Å². The molecule has 3 heterocycles. The average molecular weight is 1010 g/mol. The van der Waals surface area contributed by atoms with E-state index in [1.807, 2.05) is 6.20 Å². The number of benzene rings is 8. The van der Waals surface area contributed by atoms with Gasteiger partial charge in [0.25, 0.3) is 0 Å². The first-order valence-corrected chi connectivity index (χ1v) is 27.5. The van der Waals surface area contributed by atoms with E-state index in [2.05, 4.69) is 297 Å². The fraction of sp³-hybridized carbons (Fsp3) is 0.236. The van der Waals surface area contributed by atoms with Gasteiger partial charge in [-0.25, -0.2) is 4.98 Å². The number of aromatic nitrogens is 2. The van der Waals surface area contributed by atoms with Crippen molar-refractivity contribution in [3.63, 3.8) is 0 Å². The molecule has 10 aromatic rings. The van der Waals surface area contributed by atoms with Crippen molar-refractivity contribution in [1.29, 1.82) is 0 Å². The van der Waals surface area contributed by atoms with Gasteiger partial charge >= 0.3 is 0 Å². The number of hydrogen-bond acceptors (Lipinski definition) is 4. The van der Waals surface area contributed by atoms with Gasteiger partial charge in [-0.1, -0.05) is 210 Å².